The van der Waals surface area contributed by atoms with Gasteiger partial charge >= 0.3 is 0 Å². The molecule has 0 unspecified atom stereocenters. The summed E-state index contributed by atoms with van der Waals surface area (Å²) in [4.78, 5) is 25.7. The predicted molar refractivity (Wildman–Crippen MR) is 85.0 cm³/mol. The second-order valence-corrected chi connectivity index (χ2v) is 5.29. The molecule has 1 aromatic rings. The van der Waals surface area contributed by atoms with E-state index in [0.717, 1.165) is 39.3 Å². The molecule has 2 amide bonds. The standard InChI is InChI=1S/C16H23N3O3/c1-13(20)18-15-6-3-2-5-14(15)16(21)17-7-4-8-19-9-11-22-12-10-19/h2-3,5-6H,4,7-12H2,1H3,(H,17,21)(H,18,20). The van der Waals surface area contributed by atoms with Gasteiger partial charge in [-0.05, 0) is 25.1 Å². The molecule has 6 nitrogen and oxygen atoms in total. The molecule has 22 heavy (non-hydrogen) atoms. The van der Waals surface area contributed by atoms with Crippen LogP contribution in [-0.2, 0) is 9.53 Å². The van der Waals surface area contributed by atoms with E-state index in [1.807, 2.05) is 0 Å². The Hall–Kier alpha value is -1.92. The van der Waals surface area contributed by atoms with Gasteiger partial charge in [-0.1, -0.05) is 12.1 Å². The maximum absolute atomic E-state index is 12.2. The quantitative estimate of drug-likeness (QED) is 0.772. The van der Waals surface area contributed by atoms with Gasteiger partial charge in [-0.2, -0.15) is 0 Å². The molecule has 0 aliphatic carbocycles. The van der Waals surface area contributed by atoms with Crippen molar-refractivity contribution < 1.29 is 14.3 Å². The van der Waals surface area contributed by atoms with Crippen molar-refractivity contribution in [2.45, 2.75) is 13.3 Å². The van der Waals surface area contributed by atoms with Gasteiger partial charge in [0.05, 0.1) is 24.5 Å². The Bertz CT molecular complexity index is 513. The number of hydrogen-bond donors (Lipinski definition) is 2. The van der Waals surface area contributed by atoms with Crippen molar-refractivity contribution >= 4 is 17.5 Å². The minimum Gasteiger partial charge on any atom is -0.379 e. The fourth-order valence-electron chi connectivity index (χ4n) is 2.40. The Morgan fingerprint density at radius 3 is 2.68 bits per heavy atom. The normalized spacial score (nSPS) is 15.3. The summed E-state index contributed by atoms with van der Waals surface area (Å²) in [6.07, 6.45) is 0.897. The van der Waals surface area contributed by atoms with Crippen LogP contribution in [0.4, 0.5) is 5.69 Å². The molecule has 0 atom stereocenters. The lowest BCUT2D eigenvalue weighted by atomic mass is 10.1. The van der Waals surface area contributed by atoms with E-state index >= 15 is 0 Å². The largest absolute Gasteiger partial charge is 0.379 e. The molecular weight excluding hydrogens is 282 g/mol. The molecule has 0 bridgehead atoms. The first-order valence-electron chi connectivity index (χ1n) is 7.62. The van der Waals surface area contributed by atoms with Crippen molar-refractivity contribution in [1.82, 2.24) is 10.2 Å². The van der Waals surface area contributed by atoms with Gasteiger partial charge in [0.15, 0.2) is 0 Å². The Balaban J connectivity index is 1.78. The molecule has 1 heterocycles. The number of amides is 2. The molecule has 2 N–H and O–H groups in total. The summed E-state index contributed by atoms with van der Waals surface area (Å²) in [5.41, 5.74) is 1.03. The van der Waals surface area contributed by atoms with Gasteiger partial charge in [0.2, 0.25) is 5.91 Å². The summed E-state index contributed by atoms with van der Waals surface area (Å²) in [6.45, 7) is 6.49. The minimum absolute atomic E-state index is 0.161. The molecule has 1 aliphatic heterocycles. The molecule has 2 rings (SSSR count). The van der Waals surface area contributed by atoms with Crippen molar-refractivity contribution in [2.75, 3.05) is 44.7 Å². The van der Waals surface area contributed by atoms with Crippen LogP contribution < -0.4 is 10.6 Å². The van der Waals surface area contributed by atoms with Gasteiger partial charge in [0, 0.05) is 26.6 Å². The highest BCUT2D eigenvalue weighted by Gasteiger charge is 2.12. The van der Waals surface area contributed by atoms with Gasteiger partial charge < -0.3 is 15.4 Å². The monoisotopic (exact) mass is 305 g/mol. The first-order chi connectivity index (χ1) is 10.7. The van der Waals surface area contributed by atoms with Crippen LogP contribution in [-0.4, -0.2) is 56.1 Å². The highest BCUT2D eigenvalue weighted by atomic mass is 16.5. The van der Waals surface area contributed by atoms with Crippen LogP contribution >= 0.6 is 0 Å². The van der Waals surface area contributed by atoms with Crippen LogP contribution in [0.5, 0.6) is 0 Å². The number of hydrogen-bond acceptors (Lipinski definition) is 4. The van der Waals surface area contributed by atoms with E-state index in [1.54, 1.807) is 24.3 Å². The van der Waals surface area contributed by atoms with Crippen LogP contribution in [0.2, 0.25) is 0 Å². The topological polar surface area (TPSA) is 70.7 Å². The second-order valence-electron chi connectivity index (χ2n) is 5.29. The number of carbonyl (C=O) groups is 2. The number of morpholine rings is 1. The van der Waals surface area contributed by atoms with Crippen molar-refractivity contribution in [2.24, 2.45) is 0 Å². The van der Waals surface area contributed by atoms with Gasteiger partial charge in [0.1, 0.15) is 0 Å². The third kappa shape index (κ3) is 5.13. The number of nitrogens with one attached hydrogen (secondary N) is 2. The summed E-state index contributed by atoms with van der Waals surface area (Å²) in [5, 5.41) is 5.58. The third-order valence-electron chi connectivity index (χ3n) is 3.52. The van der Waals surface area contributed by atoms with E-state index < -0.39 is 0 Å². The fourth-order valence-corrected chi connectivity index (χ4v) is 2.40. The molecule has 1 saturated heterocycles. The van der Waals surface area contributed by atoms with E-state index in [9.17, 15) is 9.59 Å². The molecule has 0 radical (unpaired) electrons. The average molecular weight is 305 g/mol. The molecular formula is C16H23N3O3. The Kier molecular flexibility index (Phi) is 6.36. The molecule has 120 valence electrons. The van der Waals surface area contributed by atoms with Gasteiger partial charge in [-0.3, -0.25) is 14.5 Å². The molecule has 0 spiro atoms. The molecule has 6 heteroatoms. The number of anilines is 1. The van der Waals surface area contributed by atoms with Gasteiger partial charge in [-0.25, -0.2) is 0 Å². The van der Waals surface area contributed by atoms with Crippen LogP contribution in [0.3, 0.4) is 0 Å². The van der Waals surface area contributed by atoms with Crippen LogP contribution in [0.1, 0.15) is 23.7 Å². The SMILES string of the molecule is CC(=O)Nc1ccccc1C(=O)NCCCN1CCOCC1. The number of ether oxygens (including phenoxy) is 1. The molecule has 1 fully saturated rings. The lowest BCUT2D eigenvalue weighted by Gasteiger charge is -2.26. The van der Waals surface area contributed by atoms with Crippen LogP contribution in [0, 0.1) is 0 Å². The minimum atomic E-state index is -0.187. The second kappa shape index (κ2) is 8.51. The number of rotatable bonds is 6. The first-order valence-corrected chi connectivity index (χ1v) is 7.62. The van der Waals surface area contributed by atoms with Crippen molar-refractivity contribution in [1.29, 1.82) is 0 Å². The molecule has 0 aromatic heterocycles. The van der Waals surface area contributed by atoms with Crippen molar-refractivity contribution in [3.05, 3.63) is 29.8 Å². The zero-order chi connectivity index (χ0) is 15.8. The predicted octanol–water partition coefficient (Wildman–Crippen LogP) is 1.10. The Morgan fingerprint density at radius 2 is 1.95 bits per heavy atom. The van der Waals surface area contributed by atoms with Gasteiger partial charge in [-0.15, -0.1) is 0 Å². The highest BCUT2D eigenvalue weighted by Crippen LogP contribution is 2.14. The average Bonchev–Trinajstić information content (AvgIpc) is 2.52. The lowest BCUT2D eigenvalue weighted by Crippen LogP contribution is -2.38. The summed E-state index contributed by atoms with van der Waals surface area (Å²) < 4.78 is 5.30. The van der Waals surface area contributed by atoms with E-state index in [4.69, 9.17) is 4.74 Å². The smallest absolute Gasteiger partial charge is 0.253 e. The maximum Gasteiger partial charge on any atom is 0.253 e. The van der Waals surface area contributed by atoms with Crippen molar-refractivity contribution in [3.63, 3.8) is 0 Å². The van der Waals surface area contributed by atoms with Crippen molar-refractivity contribution in [3.8, 4) is 0 Å². The third-order valence-corrected chi connectivity index (χ3v) is 3.52. The molecule has 1 aliphatic rings. The molecule has 0 saturated carbocycles. The maximum atomic E-state index is 12.2. The lowest BCUT2D eigenvalue weighted by molar-refractivity contribution is -0.114. The highest BCUT2D eigenvalue weighted by molar-refractivity contribution is 6.03. The number of carbonyl (C=O) groups excluding carboxylic acids is 2. The van der Waals surface area contributed by atoms with Gasteiger partial charge in [0.25, 0.3) is 5.91 Å². The Morgan fingerprint density at radius 1 is 1.23 bits per heavy atom. The van der Waals surface area contributed by atoms with Crippen LogP contribution in [0.15, 0.2) is 24.3 Å². The zero-order valence-electron chi connectivity index (χ0n) is 12.9. The summed E-state index contributed by atoms with van der Waals surface area (Å²) in [6, 6.07) is 7.01. The van der Waals surface area contributed by atoms with E-state index in [-0.39, 0.29) is 11.8 Å². The zero-order valence-corrected chi connectivity index (χ0v) is 12.9. The number of benzene rings is 1. The Labute approximate surface area is 130 Å². The summed E-state index contributed by atoms with van der Waals surface area (Å²) in [7, 11) is 0. The number of nitrogens with zero attached hydrogens (tertiary/aromatic N) is 1. The molecule has 1 aromatic carbocycles. The summed E-state index contributed by atoms with van der Waals surface area (Å²) in [5.74, 6) is -0.348. The van der Waals surface area contributed by atoms with E-state index in [2.05, 4.69) is 15.5 Å². The fraction of sp³-hybridized carbons (Fsp3) is 0.500. The first kappa shape index (κ1) is 16.5. The van der Waals surface area contributed by atoms with E-state index in [0.29, 0.717) is 17.8 Å². The van der Waals surface area contributed by atoms with E-state index in [1.165, 1.54) is 6.92 Å². The number of para-hydroxylation sites is 1. The summed E-state index contributed by atoms with van der Waals surface area (Å²) >= 11 is 0. The van der Waals surface area contributed by atoms with Crippen LogP contribution in [0.25, 0.3) is 0 Å².